The predicted molar refractivity (Wildman–Crippen MR) is 196 cm³/mol. The molecule has 0 unspecified atom stereocenters. The van der Waals surface area contributed by atoms with Gasteiger partial charge in [-0.1, -0.05) is 74.5 Å². The molecular weight excluding hydrogens is 648 g/mol. The summed E-state index contributed by atoms with van der Waals surface area (Å²) in [5.74, 6) is -1.56. The van der Waals surface area contributed by atoms with Crippen LogP contribution in [0.15, 0.2) is 78.9 Å². The van der Waals surface area contributed by atoms with Crippen LogP contribution < -0.4 is 31.5 Å². The highest BCUT2D eigenvalue weighted by molar-refractivity contribution is 6.03. The van der Waals surface area contributed by atoms with Gasteiger partial charge in [-0.3, -0.25) is 24.1 Å². The number of ether oxygens (including phenoxy) is 1. The number of nitrogens with zero attached hydrogens (tertiary/aromatic N) is 1. The molecule has 4 atom stereocenters. The molecule has 1 aliphatic rings. The van der Waals surface area contributed by atoms with Crippen molar-refractivity contribution in [1.29, 1.82) is 0 Å². The van der Waals surface area contributed by atoms with Crippen LogP contribution >= 0.6 is 0 Å². The fraction of sp³-hybridized carbons (Fsp3) is 0.410. The second kappa shape index (κ2) is 18.7. The Hall–Kier alpha value is -5.23. The smallest absolute Gasteiger partial charge is 0.414 e. The van der Waals surface area contributed by atoms with Gasteiger partial charge in [0.05, 0.1) is 18.7 Å². The average molecular weight is 699 g/mol. The Kier molecular flexibility index (Phi) is 14.1. The number of benzene rings is 3. The van der Waals surface area contributed by atoms with Crippen molar-refractivity contribution in [3.63, 3.8) is 0 Å². The monoisotopic (exact) mass is 698 g/mol. The molecule has 12 nitrogen and oxygen atoms in total. The Bertz CT molecular complexity index is 1650. The van der Waals surface area contributed by atoms with Crippen molar-refractivity contribution in [3.8, 4) is 0 Å². The van der Waals surface area contributed by atoms with E-state index in [1.165, 1.54) is 11.0 Å². The van der Waals surface area contributed by atoms with E-state index in [1.807, 2.05) is 88.4 Å². The maximum absolute atomic E-state index is 14.0. The molecule has 0 saturated carbocycles. The summed E-state index contributed by atoms with van der Waals surface area (Å²) in [4.78, 5) is 67.4. The lowest BCUT2D eigenvalue weighted by Gasteiger charge is -2.27. The van der Waals surface area contributed by atoms with Crippen LogP contribution in [-0.2, 0) is 20.7 Å². The lowest BCUT2D eigenvalue weighted by molar-refractivity contribution is -0.130. The maximum atomic E-state index is 14.0. The predicted octanol–water partition coefficient (Wildman–Crippen LogP) is 4.12. The van der Waals surface area contributed by atoms with E-state index in [0.29, 0.717) is 38.2 Å². The molecule has 0 bridgehead atoms. The number of hydrogen-bond donors (Lipinski definition) is 5. The fourth-order valence-electron chi connectivity index (χ4n) is 5.77. The molecule has 3 aromatic rings. The first-order valence-corrected chi connectivity index (χ1v) is 17.6. The molecule has 0 aromatic heterocycles. The Morgan fingerprint density at radius 1 is 0.804 bits per heavy atom. The summed E-state index contributed by atoms with van der Waals surface area (Å²) in [6.45, 7) is 10.5. The van der Waals surface area contributed by atoms with Gasteiger partial charge in [0.1, 0.15) is 6.04 Å². The molecule has 1 heterocycles. The summed E-state index contributed by atoms with van der Waals surface area (Å²) in [5.41, 5.74) is 2.67. The zero-order chi connectivity index (χ0) is 36.9. The van der Waals surface area contributed by atoms with E-state index in [9.17, 15) is 24.0 Å². The highest BCUT2D eigenvalue weighted by atomic mass is 16.6. The molecule has 1 fully saturated rings. The van der Waals surface area contributed by atoms with E-state index in [1.54, 1.807) is 19.1 Å². The standard InChI is InChI=1S/C39H50N6O6/c1-6-40-38(49)34(25(2)3)44-35(46)27(5)41-24-32(20-28-14-9-7-10-15-28)43-37(48)31-21-30(22-33(23-31)45-18-13-19-51-39(45)50)36(47)42-26(4)29-16-11-8-12-17-29/h7-12,14-17,21-23,25-27,32,34,41H,6,13,18-20,24H2,1-5H3,(H,40,49)(H,42,47)(H,43,48)(H,44,46)/t26-,27+,32+,34+/m1/s1. The summed E-state index contributed by atoms with van der Waals surface area (Å²) < 4.78 is 5.26. The first-order chi connectivity index (χ1) is 24.5. The molecule has 5 N–H and O–H groups in total. The largest absolute Gasteiger partial charge is 0.449 e. The third kappa shape index (κ3) is 11.1. The molecule has 3 aromatic carbocycles. The van der Waals surface area contributed by atoms with Crippen molar-refractivity contribution >= 4 is 35.4 Å². The van der Waals surface area contributed by atoms with Gasteiger partial charge < -0.3 is 31.3 Å². The molecule has 1 aliphatic heterocycles. The van der Waals surface area contributed by atoms with Crippen molar-refractivity contribution in [3.05, 3.63) is 101 Å². The van der Waals surface area contributed by atoms with Crippen molar-refractivity contribution < 1.29 is 28.7 Å². The van der Waals surface area contributed by atoms with E-state index in [2.05, 4.69) is 26.6 Å². The van der Waals surface area contributed by atoms with E-state index in [4.69, 9.17) is 4.74 Å². The van der Waals surface area contributed by atoms with E-state index >= 15 is 0 Å². The van der Waals surface area contributed by atoms with E-state index in [0.717, 1.165) is 11.1 Å². The summed E-state index contributed by atoms with van der Waals surface area (Å²) in [7, 11) is 0. The summed E-state index contributed by atoms with van der Waals surface area (Å²) in [5, 5.41) is 14.9. The minimum Gasteiger partial charge on any atom is -0.449 e. The third-order valence-electron chi connectivity index (χ3n) is 8.69. The zero-order valence-corrected chi connectivity index (χ0v) is 30.0. The molecule has 12 heteroatoms. The van der Waals surface area contributed by atoms with Gasteiger partial charge in [0.25, 0.3) is 11.8 Å². The van der Waals surface area contributed by atoms with Crippen LogP contribution in [0.5, 0.6) is 0 Å². The van der Waals surface area contributed by atoms with Crippen LogP contribution in [0.2, 0.25) is 0 Å². The number of carbonyl (C=O) groups is 5. The Morgan fingerprint density at radius 3 is 2.04 bits per heavy atom. The van der Waals surface area contributed by atoms with Gasteiger partial charge in [-0.2, -0.15) is 0 Å². The van der Waals surface area contributed by atoms with Gasteiger partial charge in [0.2, 0.25) is 11.8 Å². The first-order valence-electron chi connectivity index (χ1n) is 17.6. The SMILES string of the molecule is CCNC(=O)[C@@H](NC(=O)[C@H](C)NC[C@H](Cc1ccccc1)NC(=O)c1cc(C(=O)N[C@H](C)c2ccccc2)cc(N2CCCOC2=O)c1)C(C)C. The topological polar surface area (TPSA) is 158 Å². The third-order valence-corrected chi connectivity index (χ3v) is 8.69. The van der Waals surface area contributed by atoms with Gasteiger partial charge in [-0.25, -0.2) is 4.79 Å². The van der Waals surface area contributed by atoms with Crippen molar-refractivity contribution in [1.82, 2.24) is 26.6 Å². The van der Waals surface area contributed by atoms with Gasteiger partial charge in [-0.05, 0) is 68.9 Å². The number of likely N-dealkylation sites (N-methyl/N-ethyl adjacent to an activating group) is 1. The maximum Gasteiger partial charge on any atom is 0.414 e. The van der Waals surface area contributed by atoms with Gasteiger partial charge >= 0.3 is 6.09 Å². The normalized spacial score (nSPS) is 15.2. The quantitative estimate of drug-likeness (QED) is 0.151. The lowest BCUT2D eigenvalue weighted by Crippen LogP contribution is -2.55. The Morgan fingerprint density at radius 2 is 1.43 bits per heavy atom. The average Bonchev–Trinajstić information content (AvgIpc) is 3.13. The first kappa shape index (κ1) is 38.6. The Labute approximate surface area is 300 Å². The van der Waals surface area contributed by atoms with Crippen LogP contribution in [-0.4, -0.2) is 74.1 Å². The van der Waals surface area contributed by atoms with Gasteiger partial charge in [-0.15, -0.1) is 0 Å². The van der Waals surface area contributed by atoms with Crippen LogP contribution in [0.4, 0.5) is 10.5 Å². The van der Waals surface area contributed by atoms with Crippen LogP contribution in [0.25, 0.3) is 0 Å². The molecule has 0 spiro atoms. The molecule has 51 heavy (non-hydrogen) atoms. The van der Waals surface area contributed by atoms with Gasteiger partial charge in [0, 0.05) is 42.5 Å². The number of rotatable bonds is 16. The van der Waals surface area contributed by atoms with E-state index in [-0.39, 0.29) is 41.4 Å². The molecule has 1 saturated heterocycles. The summed E-state index contributed by atoms with van der Waals surface area (Å²) >= 11 is 0. The molecular formula is C39H50N6O6. The molecule has 272 valence electrons. The number of anilines is 1. The van der Waals surface area contributed by atoms with Crippen LogP contribution in [0, 0.1) is 5.92 Å². The van der Waals surface area contributed by atoms with Gasteiger partial charge in [0.15, 0.2) is 0 Å². The zero-order valence-electron chi connectivity index (χ0n) is 30.0. The number of hydrogen-bond acceptors (Lipinski definition) is 7. The lowest BCUT2D eigenvalue weighted by atomic mass is 10.0. The molecule has 5 amide bonds. The number of nitrogens with one attached hydrogen (secondary N) is 5. The van der Waals surface area contributed by atoms with Crippen LogP contribution in [0.1, 0.15) is 78.9 Å². The number of carbonyl (C=O) groups excluding carboxylic acids is 5. The highest BCUT2D eigenvalue weighted by Gasteiger charge is 2.28. The van der Waals surface area contributed by atoms with Crippen molar-refractivity contribution in [2.45, 2.75) is 71.6 Å². The minimum absolute atomic E-state index is 0.117. The fourth-order valence-corrected chi connectivity index (χ4v) is 5.77. The van der Waals surface area contributed by atoms with Crippen molar-refractivity contribution in [2.75, 3.05) is 31.1 Å². The summed E-state index contributed by atoms with van der Waals surface area (Å²) in [6, 6.07) is 21.7. The second-order valence-electron chi connectivity index (χ2n) is 13.1. The molecule has 0 aliphatic carbocycles. The summed E-state index contributed by atoms with van der Waals surface area (Å²) in [6.07, 6.45) is 0.502. The second-order valence-corrected chi connectivity index (χ2v) is 13.1. The molecule has 0 radical (unpaired) electrons. The van der Waals surface area contributed by atoms with E-state index < -0.39 is 36.0 Å². The Balaban J connectivity index is 1.56. The highest BCUT2D eigenvalue weighted by Crippen LogP contribution is 2.24. The van der Waals surface area contributed by atoms with Crippen LogP contribution in [0.3, 0.4) is 0 Å². The molecule has 4 rings (SSSR count). The number of cyclic esters (lactones) is 1. The minimum atomic E-state index is -0.687. The van der Waals surface area contributed by atoms with Crippen molar-refractivity contribution in [2.24, 2.45) is 5.92 Å². The number of amides is 5.